The van der Waals surface area contributed by atoms with Crippen molar-refractivity contribution in [2.24, 2.45) is 0 Å². The molecule has 0 spiro atoms. The van der Waals surface area contributed by atoms with Crippen LogP contribution in [0.25, 0.3) is 0 Å². The highest BCUT2D eigenvalue weighted by molar-refractivity contribution is 7.89. The molecule has 2 aromatic carbocycles. The minimum Gasteiger partial charge on any atom is -0.497 e. The van der Waals surface area contributed by atoms with E-state index in [0.29, 0.717) is 11.3 Å². The summed E-state index contributed by atoms with van der Waals surface area (Å²) in [6.07, 6.45) is 0. The van der Waals surface area contributed by atoms with Gasteiger partial charge in [0.05, 0.1) is 12.9 Å². The number of sulfonamides is 1. The van der Waals surface area contributed by atoms with E-state index in [1.165, 1.54) is 19.2 Å². The molecule has 9 heteroatoms. The quantitative estimate of drug-likeness (QED) is 0.727. The van der Waals surface area contributed by atoms with Crippen LogP contribution in [0.2, 0.25) is 0 Å². The zero-order valence-electron chi connectivity index (χ0n) is 14.0. The highest BCUT2D eigenvalue weighted by atomic mass is 32.2. The van der Waals surface area contributed by atoms with Gasteiger partial charge < -0.3 is 10.1 Å². The number of hydrogen-bond acceptors (Lipinski definition) is 4. The number of methoxy groups -OCH3 is 1. The van der Waals surface area contributed by atoms with Gasteiger partial charge in [-0.05, 0) is 30.3 Å². The molecule has 0 fully saturated rings. The van der Waals surface area contributed by atoms with E-state index in [1.807, 2.05) is 0 Å². The second-order valence-electron chi connectivity index (χ2n) is 5.33. The van der Waals surface area contributed by atoms with Crippen molar-refractivity contribution in [3.63, 3.8) is 0 Å². The van der Waals surface area contributed by atoms with Crippen LogP contribution < -0.4 is 14.8 Å². The van der Waals surface area contributed by atoms with Gasteiger partial charge in [-0.2, -0.15) is 0 Å². The predicted molar refractivity (Wildman–Crippen MR) is 92.3 cm³/mol. The average Bonchev–Trinajstić information content (AvgIpc) is 2.61. The third-order valence-electron chi connectivity index (χ3n) is 3.52. The van der Waals surface area contributed by atoms with E-state index < -0.39 is 39.9 Å². The van der Waals surface area contributed by atoms with Gasteiger partial charge in [-0.15, -0.1) is 0 Å². The van der Waals surface area contributed by atoms with Gasteiger partial charge in [0.2, 0.25) is 10.0 Å². The normalized spacial score (nSPS) is 11.2. The molecular weight excluding hydrogens is 366 g/mol. The molecule has 2 N–H and O–H groups in total. The summed E-state index contributed by atoms with van der Waals surface area (Å²) in [5.74, 6) is -2.06. The third-order valence-corrected chi connectivity index (χ3v) is 4.84. The highest BCUT2D eigenvalue weighted by Gasteiger charge is 2.15. The van der Waals surface area contributed by atoms with Gasteiger partial charge in [0, 0.05) is 24.2 Å². The van der Waals surface area contributed by atoms with Crippen LogP contribution in [0.5, 0.6) is 5.75 Å². The molecule has 0 aromatic heterocycles. The van der Waals surface area contributed by atoms with Crippen molar-refractivity contribution in [3.8, 4) is 5.75 Å². The van der Waals surface area contributed by atoms with Crippen molar-refractivity contribution < 1.29 is 26.7 Å². The number of amides is 1. The molecule has 0 heterocycles. The lowest BCUT2D eigenvalue weighted by Crippen LogP contribution is -2.34. The van der Waals surface area contributed by atoms with Crippen LogP contribution in [-0.2, 0) is 16.6 Å². The van der Waals surface area contributed by atoms with Gasteiger partial charge in [-0.3, -0.25) is 4.79 Å². The van der Waals surface area contributed by atoms with E-state index in [4.69, 9.17) is 4.74 Å². The van der Waals surface area contributed by atoms with E-state index in [-0.39, 0.29) is 12.1 Å². The molecule has 2 rings (SSSR count). The maximum absolute atomic E-state index is 13.5. The van der Waals surface area contributed by atoms with Crippen LogP contribution in [0, 0.1) is 11.6 Å². The fraction of sp³-hybridized carbons (Fsp3) is 0.235. The Kier molecular flexibility index (Phi) is 6.64. The summed E-state index contributed by atoms with van der Waals surface area (Å²) >= 11 is 0. The lowest BCUT2D eigenvalue weighted by atomic mass is 10.2. The van der Waals surface area contributed by atoms with Crippen molar-refractivity contribution in [2.45, 2.75) is 6.54 Å². The molecule has 6 nitrogen and oxygen atoms in total. The number of nitrogens with one attached hydrogen (secondary N) is 2. The first kappa shape index (κ1) is 19.8. The van der Waals surface area contributed by atoms with Crippen LogP contribution in [0.1, 0.15) is 15.9 Å². The molecule has 0 bridgehead atoms. The molecule has 0 atom stereocenters. The summed E-state index contributed by atoms with van der Waals surface area (Å²) in [7, 11) is -2.36. The number of ether oxygens (including phenoxy) is 1. The molecule has 0 aliphatic rings. The summed E-state index contributed by atoms with van der Waals surface area (Å²) in [5, 5.41) is 2.47. The number of benzene rings is 2. The van der Waals surface area contributed by atoms with E-state index in [9.17, 15) is 22.0 Å². The molecule has 2 aromatic rings. The molecular formula is C17H18F2N2O4S. The minimum absolute atomic E-state index is 0.162. The average molecular weight is 384 g/mol. The number of carbonyl (C=O) groups excluding carboxylic acids is 1. The SMILES string of the molecule is COc1cccc(C(=O)NCCS(=O)(=O)NCc2c(F)cccc2F)c1. The highest BCUT2D eigenvalue weighted by Crippen LogP contribution is 2.13. The molecule has 0 unspecified atom stereocenters. The topological polar surface area (TPSA) is 84.5 Å². The van der Waals surface area contributed by atoms with Crippen molar-refractivity contribution in [2.75, 3.05) is 19.4 Å². The van der Waals surface area contributed by atoms with Gasteiger partial charge in [0.25, 0.3) is 5.91 Å². The number of halogens is 2. The van der Waals surface area contributed by atoms with E-state index in [2.05, 4.69) is 10.0 Å². The van der Waals surface area contributed by atoms with Crippen LogP contribution in [-0.4, -0.2) is 33.7 Å². The van der Waals surface area contributed by atoms with Crippen molar-refractivity contribution in [1.82, 2.24) is 10.0 Å². The summed E-state index contributed by atoms with van der Waals surface area (Å²) in [6, 6.07) is 9.66. The molecule has 1 amide bonds. The summed E-state index contributed by atoms with van der Waals surface area (Å²) in [6.45, 7) is -0.671. The Morgan fingerprint density at radius 3 is 2.42 bits per heavy atom. The Morgan fingerprint density at radius 2 is 1.77 bits per heavy atom. The lowest BCUT2D eigenvalue weighted by Gasteiger charge is -2.09. The van der Waals surface area contributed by atoms with Gasteiger partial charge in [0.1, 0.15) is 17.4 Å². The molecule has 0 aliphatic carbocycles. The molecule has 140 valence electrons. The first-order valence-corrected chi connectivity index (χ1v) is 9.30. The van der Waals surface area contributed by atoms with Gasteiger partial charge in [-0.1, -0.05) is 12.1 Å². The van der Waals surface area contributed by atoms with Crippen LogP contribution in [0.3, 0.4) is 0 Å². The lowest BCUT2D eigenvalue weighted by molar-refractivity contribution is 0.0955. The number of carbonyl (C=O) groups is 1. The first-order chi connectivity index (χ1) is 12.3. The largest absolute Gasteiger partial charge is 0.497 e. The van der Waals surface area contributed by atoms with Gasteiger partial charge >= 0.3 is 0 Å². The Balaban J connectivity index is 1.87. The van der Waals surface area contributed by atoms with Gasteiger partial charge in [0.15, 0.2) is 0 Å². The fourth-order valence-electron chi connectivity index (χ4n) is 2.12. The van der Waals surface area contributed by atoms with Crippen LogP contribution in [0.4, 0.5) is 8.78 Å². The molecule has 26 heavy (non-hydrogen) atoms. The standard InChI is InChI=1S/C17H18F2N2O4S/c1-25-13-5-2-4-12(10-13)17(22)20-8-9-26(23,24)21-11-14-15(18)6-3-7-16(14)19/h2-7,10,21H,8-9,11H2,1H3,(H,20,22). The van der Waals surface area contributed by atoms with Gasteiger partial charge in [-0.25, -0.2) is 21.9 Å². The molecule has 0 saturated carbocycles. The Bertz CT molecular complexity index is 868. The van der Waals surface area contributed by atoms with Crippen molar-refractivity contribution in [1.29, 1.82) is 0 Å². The van der Waals surface area contributed by atoms with Crippen molar-refractivity contribution >= 4 is 15.9 Å². The maximum Gasteiger partial charge on any atom is 0.251 e. The Labute approximate surface area is 150 Å². The van der Waals surface area contributed by atoms with E-state index >= 15 is 0 Å². The minimum atomic E-state index is -3.83. The second kappa shape index (κ2) is 8.72. The second-order valence-corrected chi connectivity index (χ2v) is 7.25. The molecule has 0 saturated heterocycles. The Hall–Kier alpha value is -2.52. The summed E-state index contributed by atoms with van der Waals surface area (Å²) in [5.41, 5.74) is -0.0420. The zero-order valence-corrected chi connectivity index (χ0v) is 14.8. The third kappa shape index (κ3) is 5.50. The fourth-order valence-corrected chi connectivity index (χ4v) is 3.00. The summed E-state index contributed by atoms with van der Waals surface area (Å²) in [4.78, 5) is 12.0. The number of rotatable bonds is 8. The molecule has 0 aliphatic heterocycles. The summed E-state index contributed by atoms with van der Waals surface area (Å²) < 4.78 is 57.9. The predicted octanol–water partition coefficient (Wildman–Crippen LogP) is 1.82. The van der Waals surface area contributed by atoms with Crippen LogP contribution >= 0.6 is 0 Å². The number of hydrogen-bond donors (Lipinski definition) is 2. The molecule has 0 radical (unpaired) electrons. The maximum atomic E-state index is 13.5. The van der Waals surface area contributed by atoms with E-state index in [0.717, 1.165) is 12.1 Å². The van der Waals surface area contributed by atoms with Crippen molar-refractivity contribution in [3.05, 3.63) is 65.2 Å². The zero-order chi connectivity index (χ0) is 19.2. The monoisotopic (exact) mass is 384 g/mol. The Morgan fingerprint density at radius 1 is 1.12 bits per heavy atom. The van der Waals surface area contributed by atoms with E-state index in [1.54, 1.807) is 18.2 Å². The first-order valence-electron chi connectivity index (χ1n) is 7.65. The smallest absolute Gasteiger partial charge is 0.251 e. The van der Waals surface area contributed by atoms with Crippen LogP contribution in [0.15, 0.2) is 42.5 Å².